The smallest absolute Gasteiger partial charge is 0.269 e. The molecule has 82 heavy (non-hydrogen) atoms. The van der Waals surface area contributed by atoms with Crippen molar-refractivity contribution < 1.29 is 17.5 Å². The predicted octanol–water partition coefficient (Wildman–Crippen LogP) is 19.3. The molecule has 10 aromatic carbocycles. The normalized spacial score (nSPS) is 13.8. The summed E-state index contributed by atoms with van der Waals surface area (Å²) in [6, 6.07) is 74.0. The fourth-order valence-electron chi connectivity index (χ4n) is 12.6. The summed E-state index contributed by atoms with van der Waals surface area (Å²) in [7, 11) is 0. The van der Waals surface area contributed by atoms with Crippen molar-refractivity contribution in [2.75, 3.05) is 0 Å². The van der Waals surface area contributed by atoms with Gasteiger partial charge in [0.1, 0.15) is 17.3 Å². The first-order valence-corrected chi connectivity index (χ1v) is 28.0. The van der Waals surface area contributed by atoms with Gasteiger partial charge in [0, 0.05) is 42.0 Å². The number of nitrogens with zero attached hydrogens (tertiary/aromatic N) is 5. The number of benzene rings is 10. The van der Waals surface area contributed by atoms with Crippen LogP contribution in [0.5, 0.6) is 11.5 Å². The molecule has 6 nitrogen and oxygen atoms in total. The molecule has 0 spiro atoms. The van der Waals surface area contributed by atoms with Gasteiger partial charge in [-0.1, -0.05) is 181 Å². The van der Waals surface area contributed by atoms with E-state index in [0.29, 0.717) is 28.3 Å². The van der Waals surface area contributed by atoms with Crippen molar-refractivity contribution in [3.63, 3.8) is 0 Å². The Kier molecular flexibility index (Phi) is 9.66. The molecule has 1 aliphatic rings. The highest BCUT2D eigenvalue weighted by molar-refractivity contribution is 6.11. The van der Waals surface area contributed by atoms with E-state index in [0.717, 1.165) is 105 Å². The second-order valence-corrected chi connectivity index (χ2v) is 23.8. The molecule has 14 aromatic rings. The van der Waals surface area contributed by atoms with Crippen molar-refractivity contribution in [1.82, 2.24) is 18.7 Å². The third-order valence-electron chi connectivity index (χ3n) is 16.6. The second kappa shape index (κ2) is 18.4. The van der Waals surface area contributed by atoms with E-state index in [1.807, 2.05) is 59.3 Å². The number of hydrogen-bond acceptors (Lipinski definition) is 2. The summed E-state index contributed by atoms with van der Waals surface area (Å²) in [6.07, 6.45) is 5.87. The van der Waals surface area contributed by atoms with E-state index < -0.39 is 13.7 Å². The van der Waals surface area contributed by atoms with Gasteiger partial charge in [-0.05, 0) is 164 Å². The number of rotatable bonds is 6. The van der Waals surface area contributed by atoms with Crippen LogP contribution in [0.4, 0.5) is 0 Å². The molecule has 0 saturated heterocycles. The molecule has 0 atom stereocenters. The zero-order valence-corrected chi connectivity index (χ0v) is 46.5. The fraction of sp³-hybridized carbons (Fsp3) is 0.132. The molecule has 0 aliphatic carbocycles. The lowest BCUT2D eigenvalue weighted by Crippen LogP contribution is -2.33. The van der Waals surface area contributed by atoms with Crippen LogP contribution in [0.3, 0.4) is 0 Å². The van der Waals surface area contributed by atoms with Crippen LogP contribution >= 0.6 is 0 Å². The highest BCUT2D eigenvalue weighted by atomic mass is 16.5. The van der Waals surface area contributed by atoms with Gasteiger partial charge in [0.2, 0.25) is 0 Å². The minimum atomic E-state index is -2.67. The maximum absolute atomic E-state index is 8.95. The van der Waals surface area contributed by atoms with Crippen molar-refractivity contribution in [3.8, 4) is 78.9 Å². The first-order chi connectivity index (χ1) is 42.2. The van der Waals surface area contributed by atoms with Gasteiger partial charge in [-0.15, -0.1) is 0 Å². The molecular weight excluding hydrogens is 999 g/mol. The molecule has 0 amide bonds. The van der Waals surface area contributed by atoms with E-state index >= 15 is 0 Å². The third-order valence-corrected chi connectivity index (χ3v) is 16.6. The number of para-hydroxylation sites is 3. The van der Waals surface area contributed by atoms with Crippen LogP contribution in [-0.2, 0) is 10.8 Å². The summed E-state index contributed by atoms with van der Waals surface area (Å²) < 4.78 is 69.5. The zero-order valence-electron chi connectivity index (χ0n) is 52.5. The average molecular weight is 1070 g/mol. The SMILES string of the molecule is [2H]C([2H])([2H])c1cccc(C([2H])([2H])[2H])c1-c1cc2c3c(c1)n(-c1cccc(Oc4ccc5c6ccccc6n(-c6cc(C(C)(C)C)ccn6)c5c4)c1)[c-][n+]3-c1c(cc(C(C)(C)C)cc1-n1c3ccccc3c3ccccc31)-c1ccccc1-c1ccccc1-2. The van der Waals surface area contributed by atoms with Gasteiger partial charge in [0.15, 0.2) is 0 Å². The molecule has 1 aliphatic heterocycles. The van der Waals surface area contributed by atoms with Crippen molar-refractivity contribution in [3.05, 3.63) is 253 Å². The highest BCUT2D eigenvalue weighted by Crippen LogP contribution is 2.48. The standard InChI is InChI=1S/C76H61N5O/c1-47-21-19-22-48(2)72(47)49-39-63-57-27-11-9-25-55(57)56-26-10-12-28-58(56)64-41-51(76(6,7)8)42-70(80-65-32-16-13-29-59(65)60-30-14-17-33-66(60)80)74(64)79-46-78(69(40-49)73(63)79)52-23-20-24-53(44-52)82-54-35-36-62-61-31-15-18-34-67(61)81(68(62)45-54)71-43-50(37-38-77-71)75(3,4)5/h9-45H,1-8H3/i1D3,2D3. The van der Waals surface area contributed by atoms with E-state index in [-0.39, 0.29) is 27.5 Å². The van der Waals surface area contributed by atoms with Gasteiger partial charge in [-0.25, -0.2) is 4.98 Å². The first-order valence-electron chi connectivity index (χ1n) is 31.0. The molecule has 4 aromatic heterocycles. The fourth-order valence-corrected chi connectivity index (χ4v) is 12.6. The van der Waals surface area contributed by atoms with E-state index in [1.165, 1.54) is 23.8 Å². The van der Waals surface area contributed by atoms with E-state index in [9.17, 15) is 0 Å². The van der Waals surface area contributed by atoms with Crippen molar-refractivity contribution in [1.29, 1.82) is 0 Å². The lowest BCUT2D eigenvalue weighted by Gasteiger charge is -2.26. The van der Waals surface area contributed by atoms with Crippen LogP contribution in [0.25, 0.3) is 122 Å². The Balaban J connectivity index is 1.04. The molecule has 15 rings (SSSR count). The Morgan fingerprint density at radius 1 is 0.451 bits per heavy atom. The van der Waals surface area contributed by atoms with Crippen molar-refractivity contribution >= 4 is 54.6 Å². The first kappa shape index (κ1) is 43.1. The number of pyridine rings is 1. The summed E-state index contributed by atoms with van der Waals surface area (Å²) in [5.74, 6) is 2.00. The number of aromatic nitrogens is 5. The maximum Gasteiger partial charge on any atom is 0.269 e. The van der Waals surface area contributed by atoms with Gasteiger partial charge in [-0.2, -0.15) is 0 Å². The van der Waals surface area contributed by atoms with Crippen molar-refractivity contribution in [2.45, 2.75) is 66.1 Å². The van der Waals surface area contributed by atoms with Crippen LogP contribution in [0, 0.1) is 20.0 Å². The number of hydrogen-bond donors (Lipinski definition) is 0. The molecule has 0 bridgehead atoms. The Morgan fingerprint density at radius 2 is 1.01 bits per heavy atom. The largest absolute Gasteiger partial charge is 0.458 e. The molecule has 0 saturated carbocycles. The monoisotopic (exact) mass is 1070 g/mol. The number of fused-ring (bicyclic) bond motifs is 13. The molecule has 0 unspecified atom stereocenters. The zero-order chi connectivity index (χ0) is 60.8. The summed E-state index contributed by atoms with van der Waals surface area (Å²) in [4.78, 5) is 4.93. The van der Waals surface area contributed by atoms with Crippen LogP contribution in [0.15, 0.2) is 225 Å². The second-order valence-electron chi connectivity index (χ2n) is 23.8. The summed E-state index contributed by atoms with van der Waals surface area (Å²) in [6.45, 7) is 8.06. The lowest BCUT2D eigenvalue weighted by molar-refractivity contribution is -0.571. The van der Waals surface area contributed by atoms with Crippen LogP contribution in [0.1, 0.15) is 72.0 Å². The number of aryl methyl sites for hydroxylation is 2. The Morgan fingerprint density at radius 3 is 1.65 bits per heavy atom. The van der Waals surface area contributed by atoms with E-state index in [1.54, 1.807) is 0 Å². The molecule has 0 fully saturated rings. The van der Waals surface area contributed by atoms with Gasteiger partial charge < -0.3 is 9.30 Å². The van der Waals surface area contributed by atoms with Crippen LogP contribution < -0.4 is 9.30 Å². The number of imidazole rings is 1. The summed E-state index contributed by atoms with van der Waals surface area (Å²) >= 11 is 0. The Hall–Kier alpha value is -9.78. The summed E-state index contributed by atoms with van der Waals surface area (Å²) in [5.41, 5.74) is 15.9. The number of ether oxygens (including phenoxy) is 1. The Labute approximate surface area is 486 Å². The minimum Gasteiger partial charge on any atom is -0.458 e. The molecule has 0 radical (unpaired) electrons. The average Bonchev–Trinajstić information content (AvgIpc) is 1.53. The summed E-state index contributed by atoms with van der Waals surface area (Å²) in [5, 5.41) is 4.41. The van der Waals surface area contributed by atoms with Gasteiger partial charge in [0.05, 0.1) is 50.2 Å². The Bertz CT molecular complexity index is 5110. The molecule has 6 heteroatoms. The minimum absolute atomic E-state index is 0.0536. The molecule has 0 N–H and O–H groups in total. The lowest BCUT2D eigenvalue weighted by atomic mass is 9.82. The molecular formula is C76H61N5O. The van der Waals surface area contributed by atoms with E-state index in [4.69, 9.17) is 17.9 Å². The van der Waals surface area contributed by atoms with E-state index in [2.05, 4.69) is 213 Å². The molecule has 396 valence electrons. The van der Waals surface area contributed by atoms with Crippen LogP contribution in [-0.4, -0.2) is 18.7 Å². The third kappa shape index (κ3) is 7.76. The van der Waals surface area contributed by atoms with Gasteiger partial charge in [-0.3, -0.25) is 13.7 Å². The molecule has 5 heterocycles. The maximum atomic E-state index is 8.95. The quantitative estimate of drug-likeness (QED) is 0.123. The van der Waals surface area contributed by atoms with Gasteiger partial charge in [0.25, 0.3) is 6.33 Å². The highest BCUT2D eigenvalue weighted by Gasteiger charge is 2.31. The predicted molar refractivity (Wildman–Crippen MR) is 339 cm³/mol. The topological polar surface area (TPSA) is 40.8 Å². The van der Waals surface area contributed by atoms with Gasteiger partial charge >= 0.3 is 0 Å². The van der Waals surface area contributed by atoms with Crippen molar-refractivity contribution in [2.24, 2.45) is 0 Å². The van der Waals surface area contributed by atoms with Crippen LogP contribution in [0.2, 0.25) is 0 Å².